The van der Waals surface area contributed by atoms with E-state index in [1.165, 1.54) is 0 Å². The lowest BCUT2D eigenvalue weighted by atomic mass is 10.1. The third kappa shape index (κ3) is 17.6. The van der Waals surface area contributed by atoms with Crippen molar-refractivity contribution in [2.75, 3.05) is 0 Å². The molecule has 5 heteroatoms. The Balaban J connectivity index is 1.25. The zero-order chi connectivity index (χ0) is 44.3. The first-order valence-corrected chi connectivity index (χ1v) is 35.2. The molecule has 0 saturated carbocycles. The van der Waals surface area contributed by atoms with Crippen molar-refractivity contribution in [1.29, 1.82) is 0 Å². The van der Waals surface area contributed by atoms with E-state index in [1.54, 1.807) is 11.3 Å². The number of benzene rings is 4. The molecule has 61 heavy (non-hydrogen) atoms. The van der Waals surface area contributed by atoms with E-state index in [0.717, 1.165) is 65.4 Å². The molecular weight excluding hydrogens is 817 g/mol. The van der Waals surface area contributed by atoms with Gasteiger partial charge in [0, 0.05) is 55.6 Å². The van der Waals surface area contributed by atoms with Crippen LogP contribution in [-0.4, -0.2) is 32.3 Å². The summed E-state index contributed by atoms with van der Waals surface area (Å²) in [6, 6.07) is 32.6. The minimum atomic E-state index is -1.52. The lowest BCUT2D eigenvalue weighted by Crippen LogP contribution is -2.16. The molecule has 0 amide bonds. The molecule has 0 unspecified atom stereocenters. The Labute approximate surface area is 375 Å². The molecule has 0 atom stereocenters. The van der Waals surface area contributed by atoms with Crippen molar-refractivity contribution >= 4 is 43.6 Å². The predicted octanol–water partition coefficient (Wildman–Crippen LogP) is 12.3. The second-order valence-corrected chi connectivity index (χ2v) is 39.0. The van der Waals surface area contributed by atoms with E-state index in [4.69, 9.17) is 0 Å². The topological polar surface area (TPSA) is 0 Å². The number of hydrogen-bond donors (Lipinski definition) is 0. The summed E-state index contributed by atoms with van der Waals surface area (Å²) >= 11 is 1.59. The van der Waals surface area contributed by atoms with Crippen LogP contribution >= 0.6 is 11.3 Å². The normalized spacial score (nSPS) is 10.6. The molecule has 0 spiro atoms. The molecule has 5 aromatic rings. The fraction of sp³-hybridized carbons (Fsp3) is 0.214. The molecule has 5 rings (SSSR count). The highest BCUT2D eigenvalue weighted by molar-refractivity contribution is 7.13. The quantitative estimate of drug-likeness (QED) is 0.107. The molecule has 0 nitrogen and oxygen atoms in total. The van der Waals surface area contributed by atoms with Crippen molar-refractivity contribution in [2.24, 2.45) is 0 Å². The smallest absolute Gasteiger partial charge is 0.127 e. The number of rotatable bonds is 0. The Morgan fingerprint density at radius 2 is 0.443 bits per heavy atom. The van der Waals surface area contributed by atoms with Crippen molar-refractivity contribution in [3.63, 3.8) is 0 Å². The second kappa shape index (κ2) is 20.0. The van der Waals surface area contributed by atoms with Crippen LogP contribution in [-0.2, 0) is 0 Å². The summed E-state index contributed by atoms with van der Waals surface area (Å²) in [4.78, 5) is 1.93. The highest BCUT2D eigenvalue weighted by Crippen LogP contribution is 2.16. The van der Waals surface area contributed by atoms with Gasteiger partial charge in [-0.25, -0.2) is 0 Å². The largest absolute Gasteiger partial charge is 0.129 e. The zero-order valence-electron chi connectivity index (χ0n) is 37.6. The summed E-state index contributed by atoms with van der Waals surface area (Å²) in [5, 5.41) is 0. The fourth-order valence-electron chi connectivity index (χ4n) is 5.03. The van der Waals surface area contributed by atoms with Gasteiger partial charge in [-0.2, -0.15) is 0 Å². The van der Waals surface area contributed by atoms with E-state index >= 15 is 0 Å². The number of hydrogen-bond acceptors (Lipinski definition) is 1. The Morgan fingerprint density at radius 1 is 0.246 bits per heavy atom. The molecule has 0 aliphatic carbocycles. The van der Waals surface area contributed by atoms with Crippen LogP contribution in [0.4, 0.5) is 0 Å². The third-order valence-corrected chi connectivity index (χ3v) is 12.3. The van der Waals surface area contributed by atoms with E-state index in [-0.39, 0.29) is 0 Å². The Kier molecular flexibility index (Phi) is 15.1. The highest BCUT2D eigenvalue weighted by atomic mass is 32.1. The van der Waals surface area contributed by atoms with Crippen molar-refractivity contribution in [3.8, 4) is 93.2 Å². The predicted molar refractivity (Wildman–Crippen MR) is 275 cm³/mol. The maximum atomic E-state index is 3.48. The molecule has 0 fully saturated rings. The molecular formula is C56H52SSi4. The van der Waals surface area contributed by atoms with Gasteiger partial charge >= 0.3 is 0 Å². The van der Waals surface area contributed by atoms with E-state index < -0.39 is 32.3 Å². The monoisotopic (exact) mass is 868 g/mol. The summed E-state index contributed by atoms with van der Waals surface area (Å²) in [5.74, 6) is 40.1. The van der Waals surface area contributed by atoms with Crippen LogP contribution in [0.2, 0.25) is 78.6 Å². The first kappa shape index (κ1) is 46.0. The average molecular weight is 869 g/mol. The summed E-state index contributed by atoms with van der Waals surface area (Å²) in [7, 11) is -6.07. The van der Waals surface area contributed by atoms with Crippen molar-refractivity contribution in [3.05, 3.63) is 162 Å². The van der Waals surface area contributed by atoms with Gasteiger partial charge in [0.05, 0.1) is 9.75 Å². The van der Waals surface area contributed by atoms with Gasteiger partial charge in [-0.1, -0.05) is 150 Å². The minimum Gasteiger partial charge on any atom is -0.127 e. The lowest BCUT2D eigenvalue weighted by molar-refractivity contribution is 1.55. The molecule has 0 bridgehead atoms. The summed E-state index contributed by atoms with van der Waals surface area (Å²) in [6.07, 6.45) is 0. The SMILES string of the molecule is C[Si](C)(C)C#Cc1cc(C#Cc2ccc(C#Cc3ccc(C#Cc4ccc(C#Cc5cc(C#C[Si](C)(C)C)cc(C#C[Si](C)(C)C)c5)cc4)s3)cc2)cc(C#C[Si](C)(C)C)c1. The maximum Gasteiger partial charge on any atom is 0.129 e. The van der Waals surface area contributed by atoms with Crippen LogP contribution in [0.1, 0.15) is 65.4 Å². The summed E-state index contributed by atoms with van der Waals surface area (Å²) < 4.78 is 0. The van der Waals surface area contributed by atoms with Crippen LogP contribution in [0.5, 0.6) is 0 Å². The van der Waals surface area contributed by atoms with Crippen LogP contribution in [0, 0.1) is 93.2 Å². The van der Waals surface area contributed by atoms with Gasteiger partial charge in [0.25, 0.3) is 0 Å². The Bertz CT molecular complexity index is 2660. The molecule has 1 heterocycles. The summed E-state index contributed by atoms with van der Waals surface area (Å²) in [5.41, 5.74) is 23.4. The van der Waals surface area contributed by atoms with Gasteiger partial charge in [0.2, 0.25) is 0 Å². The van der Waals surface area contributed by atoms with E-state index in [2.05, 4.69) is 208 Å². The molecule has 0 N–H and O–H groups in total. The fourth-order valence-corrected chi connectivity index (χ4v) is 7.82. The van der Waals surface area contributed by atoms with Gasteiger partial charge in [-0.15, -0.1) is 33.5 Å². The molecule has 0 aliphatic rings. The van der Waals surface area contributed by atoms with Gasteiger partial charge in [0.1, 0.15) is 32.3 Å². The molecule has 4 aromatic carbocycles. The van der Waals surface area contributed by atoms with Crippen molar-refractivity contribution in [2.45, 2.75) is 78.6 Å². The van der Waals surface area contributed by atoms with Crippen LogP contribution in [0.25, 0.3) is 0 Å². The summed E-state index contributed by atoms with van der Waals surface area (Å²) in [6.45, 7) is 27.0. The standard InChI is InChI=1S/C56H52SSi4/c1-58(2,3)35-31-51-39-49(40-52(43-51)32-36-59(4,5)6)23-21-45-13-17-47(18-14-45)25-27-55-29-30-56(57-55)28-26-48-19-15-46(16-20-48)22-24-50-41-53(33-37-60(7,8)9)44-54(42-50)34-38-61(10,11)12/h13-20,29-30,39-44H,1-12H3. The Hall–Kier alpha value is -6.07. The van der Waals surface area contributed by atoms with Gasteiger partial charge in [-0.3, -0.25) is 0 Å². The van der Waals surface area contributed by atoms with Crippen LogP contribution < -0.4 is 0 Å². The second-order valence-electron chi connectivity index (χ2n) is 18.9. The van der Waals surface area contributed by atoms with E-state index in [0.29, 0.717) is 0 Å². The van der Waals surface area contributed by atoms with Crippen LogP contribution in [0.3, 0.4) is 0 Å². The van der Waals surface area contributed by atoms with Crippen molar-refractivity contribution in [1.82, 2.24) is 0 Å². The first-order valence-electron chi connectivity index (χ1n) is 20.4. The van der Waals surface area contributed by atoms with Crippen molar-refractivity contribution < 1.29 is 0 Å². The molecule has 1 aromatic heterocycles. The minimum absolute atomic E-state index is 0.920. The molecule has 0 radical (unpaired) electrons. The van der Waals surface area contributed by atoms with Gasteiger partial charge < -0.3 is 0 Å². The van der Waals surface area contributed by atoms with Gasteiger partial charge in [0.15, 0.2) is 0 Å². The van der Waals surface area contributed by atoms with Gasteiger partial charge in [-0.05, 0) is 97.1 Å². The highest BCUT2D eigenvalue weighted by Gasteiger charge is 2.11. The number of thiophene rings is 1. The van der Waals surface area contributed by atoms with Crippen LogP contribution in [0.15, 0.2) is 97.1 Å². The van der Waals surface area contributed by atoms with E-state index in [9.17, 15) is 0 Å². The average Bonchev–Trinajstić information content (AvgIpc) is 3.65. The zero-order valence-corrected chi connectivity index (χ0v) is 42.5. The maximum absolute atomic E-state index is 3.48. The lowest BCUT2D eigenvalue weighted by Gasteiger charge is -2.05. The third-order valence-electron chi connectivity index (χ3n) is 7.93. The molecule has 298 valence electrons. The first-order chi connectivity index (χ1) is 28.6. The molecule has 0 aliphatic heterocycles. The molecule has 0 saturated heterocycles. The Morgan fingerprint density at radius 3 is 0.672 bits per heavy atom. The van der Waals surface area contributed by atoms with E-state index in [1.807, 2.05) is 60.7 Å².